The third-order valence-electron chi connectivity index (χ3n) is 4.04. The molecule has 3 rings (SSSR count). The lowest BCUT2D eigenvalue weighted by atomic mass is 9.99. The number of rotatable bonds is 3. The SMILES string of the molecule is CN(C)c1c(F)c(C2(N)CC2)c(F)c2scc(C(=O)O)c(=O)c12. The number of hydrogen-bond donors (Lipinski definition) is 2. The average Bonchev–Trinajstić information content (AvgIpc) is 3.17. The van der Waals surface area contributed by atoms with Crippen LogP contribution in [-0.2, 0) is 5.54 Å². The molecule has 0 atom stereocenters. The topological polar surface area (TPSA) is 83.6 Å². The number of halogens is 2. The van der Waals surface area contributed by atoms with Crippen LogP contribution in [0.3, 0.4) is 0 Å². The zero-order valence-electron chi connectivity index (χ0n) is 12.4. The molecule has 0 amide bonds. The Labute approximate surface area is 133 Å². The molecule has 0 radical (unpaired) electrons. The van der Waals surface area contributed by atoms with Crippen molar-refractivity contribution in [2.45, 2.75) is 18.4 Å². The lowest BCUT2D eigenvalue weighted by molar-refractivity contribution is 0.0696. The van der Waals surface area contributed by atoms with Crippen molar-refractivity contribution in [3.63, 3.8) is 0 Å². The first-order chi connectivity index (χ1) is 10.7. The molecule has 5 nitrogen and oxygen atoms in total. The fourth-order valence-electron chi connectivity index (χ4n) is 2.67. The number of anilines is 1. The standard InChI is InChI=1S/C15H14F2N2O3S/c1-19(2)11-7-12(20)6(14(21)22)5-23-13(7)10(17)8(9(11)16)15(18)3-4-15/h5H,3-4,18H2,1-2H3,(H,21,22). The van der Waals surface area contributed by atoms with E-state index in [2.05, 4.69) is 0 Å². The highest BCUT2D eigenvalue weighted by Gasteiger charge is 2.46. The van der Waals surface area contributed by atoms with Gasteiger partial charge in [-0.2, -0.15) is 0 Å². The molecule has 1 fully saturated rings. The number of aromatic carboxylic acids is 1. The highest BCUT2D eigenvalue weighted by Crippen LogP contribution is 2.48. The van der Waals surface area contributed by atoms with Crippen LogP contribution in [0.25, 0.3) is 10.1 Å². The highest BCUT2D eigenvalue weighted by molar-refractivity contribution is 7.16. The number of nitrogens with zero attached hydrogens (tertiary/aromatic N) is 1. The molecule has 1 saturated carbocycles. The summed E-state index contributed by atoms with van der Waals surface area (Å²) in [5.74, 6) is -3.20. The van der Waals surface area contributed by atoms with Gasteiger partial charge in [-0.25, -0.2) is 13.6 Å². The van der Waals surface area contributed by atoms with Gasteiger partial charge in [-0.05, 0) is 12.8 Å². The van der Waals surface area contributed by atoms with Gasteiger partial charge in [-0.1, -0.05) is 0 Å². The maximum Gasteiger partial charge on any atom is 0.340 e. The third kappa shape index (κ3) is 2.21. The first kappa shape index (κ1) is 15.8. The Kier molecular flexibility index (Phi) is 3.42. The van der Waals surface area contributed by atoms with Gasteiger partial charge < -0.3 is 15.7 Å². The van der Waals surface area contributed by atoms with E-state index in [0.717, 1.165) is 16.7 Å². The molecule has 0 bridgehead atoms. The van der Waals surface area contributed by atoms with Crippen LogP contribution in [-0.4, -0.2) is 25.2 Å². The molecule has 0 spiro atoms. The lowest BCUT2D eigenvalue weighted by Crippen LogP contribution is -2.26. The molecule has 1 heterocycles. The van der Waals surface area contributed by atoms with E-state index in [4.69, 9.17) is 10.8 Å². The number of nitrogens with two attached hydrogens (primary N) is 1. The van der Waals surface area contributed by atoms with Gasteiger partial charge in [-0.3, -0.25) is 4.79 Å². The Balaban J connectivity index is 2.53. The minimum absolute atomic E-state index is 0.0724. The molecular weight excluding hydrogens is 326 g/mol. The fourth-order valence-corrected chi connectivity index (χ4v) is 3.63. The summed E-state index contributed by atoms with van der Waals surface area (Å²) < 4.78 is 29.7. The predicted molar refractivity (Wildman–Crippen MR) is 84.4 cm³/mol. The average molecular weight is 340 g/mol. The van der Waals surface area contributed by atoms with E-state index in [-0.39, 0.29) is 21.3 Å². The van der Waals surface area contributed by atoms with Gasteiger partial charge in [0.25, 0.3) is 0 Å². The molecule has 3 N–H and O–H groups in total. The molecule has 1 aliphatic rings. The van der Waals surface area contributed by atoms with Crippen molar-refractivity contribution in [2.24, 2.45) is 5.73 Å². The molecular formula is C15H14F2N2O3S. The van der Waals surface area contributed by atoms with Gasteiger partial charge in [0.2, 0.25) is 5.43 Å². The molecule has 1 aliphatic carbocycles. The number of carboxylic acids is 1. The van der Waals surface area contributed by atoms with Crippen LogP contribution in [0.5, 0.6) is 0 Å². The second-order valence-electron chi connectivity index (χ2n) is 5.89. The van der Waals surface area contributed by atoms with E-state index < -0.39 is 34.1 Å². The van der Waals surface area contributed by atoms with Crippen molar-refractivity contribution < 1.29 is 18.7 Å². The van der Waals surface area contributed by atoms with Crippen LogP contribution in [0.1, 0.15) is 28.8 Å². The summed E-state index contributed by atoms with van der Waals surface area (Å²) in [6, 6.07) is 0. The first-order valence-corrected chi connectivity index (χ1v) is 7.73. The summed E-state index contributed by atoms with van der Waals surface area (Å²) >= 11 is 0.766. The van der Waals surface area contributed by atoms with E-state index in [1.807, 2.05) is 0 Å². The van der Waals surface area contributed by atoms with Crippen molar-refractivity contribution in [3.05, 3.63) is 38.4 Å². The Morgan fingerprint density at radius 3 is 2.43 bits per heavy atom. The number of carboxylic acid groups (broad SMARTS) is 1. The van der Waals surface area contributed by atoms with Crippen LogP contribution < -0.4 is 16.1 Å². The molecule has 2 aromatic rings. The fraction of sp³-hybridized carbons (Fsp3) is 0.333. The van der Waals surface area contributed by atoms with Crippen LogP contribution in [0.15, 0.2) is 10.2 Å². The van der Waals surface area contributed by atoms with Crippen LogP contribution in [0.2, 0.25) is 0 Å². The Morgan fingerprint density at radius 1 is 1.35 bits per heavy atom. The molecule has 0 unspecified atom stereocenters. The van der Waals surface area contributed by atoms with Gasteiger partial charge in [0.15, 0.2) is 5.82 Å². The molecule has 122 valence electrons. The van der Waals surface area contributed by atoms with Crippen molar-refractivity contribution in [3.8, 4) is 0 Å². The number of benzene rings is 1. The predicted octanol–water partition coefficient (Wildman–Crippen LogP) is 2.25. The molecule has 23 heavy (non-hydrogen) atoms. The molecule has 1 aromatic carbocycles. The maximum atomic E-state index is 14.9. The van der Waals surface area contributed by atoms with Crippen LogP contribution in [0.4, 0.5) is 14.5 Å². The van der Waals surface area contributed by atoms with E-state index in [9.17, 15) is 18.4 Å². The number of carbonyl (C=O) groups is 1. The Hall–Kier alpha value is -2.06. The summed E-state index contributed by atoms with van der Waals surface area (Å²) in [5, 5.41) is 9.89. The third-order valence-corrected chi connectivity index (χ3v) is 5.01. The normalized spacial score (nSPS) is 15.7. The maximum absolute atomic E-state index is 14.9. The van der Waals surface area contributed by atoms with E-state index in [0.29, 0.717) is 12.8 Å². The minimum Gasteiger partial charge on any atom is -0.478 e. The zero-order valence-corrected chi connectivity index (χ0v) is 13.3. The highest BCUT2D eigenvalue weighted by atomic mass is 32.1. The second kappa shape index (κ2) is 4.97. The van der Waals surface area contributed by atoms with Crippen molar-refractivity contribution in [2.75, 3.05) is 19.0 Å². The lowest BCUT2D eigenvalue weighted by Gasteiger charge is -2.21. The number of hydrogen-bond acceptors (Lipinski definition) is 5. The van der Waals surface area contributed by atoms with Crippen LogP contribution in [0, 0.1) is 11.6 Å². The summed E-state index contributed by atoms with van der Waals surface area (Å²) in [7, 11) is 3.01. The van der Waals surface area contributed by atoms with Crippen LogP contribution >= 0.6 is 11.3 Å². The van der Waals surface area contributed by atoms with Gasteiger partial charge >= 0.3 is 5.97 Å². The first-order valence-electron chi connectivity index (χ1n) is 6.85. The zero-order chi connectivity index (χ0) is 17.1. The quantitative estimate of drug-likeness (QED) is 0.895. The van der Waals surface area contributed by atoms with Gasteiger partial charge in [0, 0.05) is 30.6 Å². The van der Waals surface area contributed by atoms with E-state index in [1.54, 1.807) is 0 Å². The molecule has 8 heteroatoms. The smallest absolute Gasteiger partial charge is 0.340 e. The summed E-state index contributed by atoms with van der Waals surface area (Å²) in [6.07, 6.45) is 0.919. The molecule has 1 aromatic heterocycles. The Bertz CT molecular complexity index is 904. The van der Waals surface area contributed by atoms with Crippen molar-refractivity contribution in [1.29, 1.82) is 0 Å². The van der Waals surface area contributed by atoms with Gasteiger partial charge in [-0.15, -0.1) is 11.3 Å². The molecule has 0 aliphatic heterocycles. The van der Waals surface area contributed by atoms with Crippen molar-refractivity contribution >= 4 is 33.1 Å². The monoisotopic (exact) mass is 340 g/mol. The minimum atomic E-state index is -1.43. The van der Waals surface area contributed by atoms with Gasteiger partial charge in [0.1, 0.15) is 11.4 Å². The second-order valence-corrected chi connectivity index (χ2v) is 6.77. The number of fused-ring (bicyclic) bond motifs is 1. The van der Waals surface area contributed by atoms with E-state index >= 15 is 0 Å². The summed E-state index contributed by atoms with van der Waals surface area (Å²) in [5.41, 5.74) is 3.15. The summed E-state index contributed by atoms with van der Waals surface area (Å²) in [6.45, 7) is 0. The molecule has 0 saturated heterocycles. The largest absolute Gasteiger partial charge is 0.478 e. The van der Waals surface area contributed by atoms with Crippen molar-refractivity contribution in [1.82, 2.24) is 0 Å². The Morgan fingerprint density at radius 2 is 1.96 bits per heavy atom. The van der Waals surface area contributed by atoms with E-state index in [1.165, 1.54) is 19.0 Å². The summed E-state index contributed by atoms with van der Waals surface area (Å²) in [4.78, 5) is 24.9. The van der Waals surface area contributed by atoms with Gasteiger partial charge in [0.05, 0.1) is 15.8 Å².